The van der Waals surface area contributed by atoms with Gasteiger partial charge in [0.25, 0.3) is 5.91 Å². The van der Waals surface area contributed by atoms with Gasteiger partial charge in [-0.15, -0.1) is 0 Å². The molecule has 2 atom stereocenters. The van der Waals surface area contributed by atoms with Crippen molar-refractivity contribution < 1.29 is 32.4 Å². The zero-order valence-corrected chi connectivity index (χ0v) is 11.9. The molecule has 1 N–H and O–H groups in total. The molecule has 1 aromatic rings. The van der Waals surface area contributed by atoms with Crippen LogP contribution in [0.2, 0.25) is 0 Å². The number of carbonyl (C=O) groups excluding carboxylic acids is 1. The molecule has 122 valence electrons. The van der Waals surface area contributed by atoms with Crippen molar-refractivity contribution >= 4 is 11.9 Å². The second-order valence-corrected chi connectivity index (χ2v) is 5.57. The fraction of sp³-hybridized carbons (Fsp3) is 0.615. The third-order valence-electron chi connectivity index (χ3n) is 3.66. The van der Waals surface area contributed by atoms with Crippen LogP contribution in [0.25, 0.3) is 0 Å². The first-order valence-corrected chi connectivity index (χ1v) is 6.66. The van der Waals surface area contributed by atoms with Gasteiger partial charge >= 0.3 is 12.1 Å². The molecule has 0 saturated carbocycles. The van der Waals surface area contributed by atoms with Crippen molar-refractivity contribution in [3.05, 3.63) is 17.5 Å². The Labute approximate surface area is 123 Å². The lowest BCUT2D eigenvalue weighted by atomic mass is 9.96. The van der Waals surface area contributed by atoms with Crippen molar-refractivity contribution in [2.75, 3.05) is 13.1 Å². The number of nitrogens with zero attached hydrogens (tertiary/aromatic N) is 2. The molecule has 0 unspecified atom stereocenters. The lowest BCUT2D eigenvalue weighted by Crippen LogP contribution is -2.34. The van der Waals surface area contributed by atoms with Crippen LogP contribution in [0.15, 0.2) is 10.6 Å². The quantitative estimate of drug-likeness (QED) is 0.922. The molecule has 1 amide bonds. The van der Waals surface area contributed by atoms with Gasteiger partial charge in [-0.1, -0.05) is 19.0 Å². The van der Waals surface area contributed by atoms with E-state index in [1.54, 1.807) is 0 Å². The van der Waals surface area contributed by atoms with Gasteiger partial charge in [0, 0.05) is 25.1 Å². The molecule has 1 aromatic heterocycles. The van der Waals surface area contributed by atoms with Gasteiger partial charge in [-0.2, -0.15) is 13.2 Å². The molecule has 0 aliphatic carbocycles. The third kappa shape index (κ3) is 3.07. The summed E-state index contributed by atoms with van der Waals surface area (Å²) in [5, 5.41) is 12.5. The third-order valence-corrected chi connectivity index (χ3v) is 3.66. The van der Waals surface area contributed by atoms with Gasteiger partial charge in [0.1, 0.15) is 5.76 Å². The predicted molar refractivity (Wildman–Crippen MR) is 67.2 cm³/mol. The van der Waals surface area contributed by atoms with E-state index in [1.165, 1.54) is 6.07 Å². The number of aliphatic carboxylic acids is 1. The van der Waals surface area contributed by atoms with E-state index in [4.69, 9.17) is 9.63 Å². The summed E-state index contributed by atoms with van der Waals surface area (Å²) in [6.07, 6.45) is -4.68. The number of carboxylic acids is 1. The van der Waals surface area contributed by atoms with Gasteiger partial charge in [0.15, 0.2) is 5.69 Å². The first-order chi connectivity index (χ1) is 10.1. The van der Waals surface area contributed by atoms with Crippen molar-refractivity contribution in [3.8, 4) is 0 Å². The number of halogens is 3. The van der Waals surface area contributed by atoms with Crippen molar-refractivity contribution in [2.24, 2.45) is 11.8 Å². The molecule has 1 aliphatic rings. The van der Waals surface area contributed by atoms with Crippen LogP contribution < -0.4 is 0 Å². The topological polar surface area (TPSA) is 83.6 Å². The first kappa shape index (κ1) is 16.3. The molecule has 1 aliphatic heterocycles. The van der Waals surface area contributed by atoms with Crippen LogP contribution in [0, 0.1) is 11.8 Å². The smallest absolute Gasteiger partial charge is 0.394 e. The van der Waals surface area contributed by atoms with Crippen LogP contribution >= 0.6 is 0 Å². The Hall–Kier alpha value is -2.06. The summed E-state index contributed by atoms with van der Waals surface area (Å²) < 4.78 is 43.6. The molecular weight excluding hydrogens is 305 g/mol. The van der Waals surface area contributed by atoms with Gasteiger partial charge in [-0.3, -0.25) is 9.59 Å². The first-order valence-electron chi connectivity index (χ1n) is 6.66. The molecule has 9 heteroatoms. The van der Waals surface area contributed by atoms with E-state index in [-0.39, 0.29) is 11.6 Å². The monoisotopic (exact) mass is 320 g/mol. The van der Waals surface area contributed by atoms with Gasteiger partial charge in [-0.25, -0.2) is 0 Å². The SMILES string of the molecule is CC(C)c1cc(C(=O)N2C[C@@H](C(F)(F)F)[C@H](C(=O)O)C2)no1. The second-order valence-electron chi connectivity index (χ2n) is 5.57. The maximum atomic E-state index is 12.9. The second kappa shape index (κ2) is 5.62. The van der Waals surface area contributed by atoms with Crippen molar-refractivity contribution in [1.82, 2.24) is 10.1 Å². The number of carboxylic acid groups (broad SMARTS) is 1. The van der Waals surface area contributed by atoms with Crippen molar-refractivity contribution in [3.63, 3.8) is 0 Å². The van der Waals surface area contributed by atoms with Gasteiger partial charge in [0.05, 0.1) is 11.8 Å². The van der Waals surface area contributed by atoms with Crippen LogP contribution in [0.5, 0.6) is 0 Å². The predicted octanol–water partition coefficient (Wildman–Crippen LogP) is 2.13. The minimum absolute atomic E-state index is 0.0256. The van der Waals surface area contributed by atoms with Gasteiger partial charge in [-0.05, 0) is 0 Å². The highest BCUT2D eigenvalue weighted by molar-refractivity contribution is 5.93. The summed E-state index contributed by atoms with van der Waals surface area (Å²) in [5.41, 5.74) is -0.115. The number of aromatic nitrogens is 1. The number of carbonyl (C=O) groups is 2. The van der Waals surface area contributed by atoms with E-state index >= 15 is 0 Å². The molecule has 0 radical (unpaired) electrons. The Bertz CT molecular complexity index is 582. The van der Waals surface area contributed by atoms with E-state index in [9.17, 15) is 22.8 Å². The van der Waals surface area contributed by atoms with Crippen LogP contribution in [0.4, 0.5) is 13.2 Å². The summed E-state index contributed by atoms with van der Waals surface area (Å²) in [6, 6.07) is 1.36. The summed E-state index contributed by atoms with van der Waals surface area (Å²) >= 11 is 0. The molecule has 1 saturated heterocycles. The number of amides is 1. The molecule has 0 spiro atoms. The Morgan fingerprint density at radius 1 is 1.41 bits per heavy atom. The Morgan fingerprint density at radius 2 is 2.05 bits per heavy atom. The van der Waals surface area contributed by atoms with Crippen LogP contribution in [-0.4, -0.2) is 46.3 Å². The average molecular weight is 320 g/mol. The van der Waals surface area contributed by atoms with E-state index < -0.39 is 43.0 Å². The maximum Gasteiger partial charge on any atom is 0.394 e. The largest absolute Gasteiger partial charge is 0.481 e. The van der Waals surface area contributed by atoms with Crippen LogP contribution in [0.1, 0.15) is 36.0 Å². The molecule has 1 fully saturated rings. The zero-order valence-electron chi connectivity index (χ0n) is 11.9. The average Bonchev–Trinajstić information content (AvgIpc) is 3.04. The van der Waals surface area contributed by atoms with E-state index in [0.29, 0.717) is 5.76 Å². The fourth-order valence-electron chi connectivity index (χ4n) is 2.38. The van der Waals surface area contributed by atoms with E-state index in [1.807, 2.05) is 13.8 Å². The van der Waals surface area contributed by atoms with Crippen LogP contribution in [-0.2, 0) is 4.79 Å². The highest BCUT2D eigenvalue weighted by Gasteiger charge is 2.53. The van der Waals surface area contributed by atoms with Crippen LogP contribution in [0.3, 0.4) is 0 Å². The molecule has 2 heterocycles. The van der Waals surface area contributed by atoms with Crippen molar-refractivity contribution in [1.29, 1.82) is 0 Å². The molecule has 0 aromatic carbocycles. The summed E-state index contributed by atoms with van der Waals surface area (Å²) in [7, 11) is 0. The van der Waals surface area contributed by atoms with E-state index in [0.717, 1.165) is 4.90 Å². The van der Waals surface area contributed by atoms with Crippen molar-refractivity contribution in [2.45, 2.75) is 25.9 Å². The van der Waals surface area contributed by atoms with E-state index in [2.05, 4.69) is 5.16 Å². The molecule has 22 heavy (non-hydrogen) atoms. The lowest BCUT2D eigenvalue weighted by molar-refractivity contribution is -0.187. The highest BCUT2D eigenvalue weighted by Crippen LogP contribution is 2.38. The molecule has 6 nitrogen and oxygen atoms in total. The zero-order chi connectivity index (χ0) is 16.7. The fourth-order valence-corrected chi connectivity index (χ4v) is 2.38. The highest BCUT2D eigenvalue weighted by atomic mass is 19.4. The standard InChI is InChI=1S/C13H15F3N2O4/c1-6(2)10-3-9(17-22-10)11(19)18-4-7(12(20)21)8(5-18)13(14,15)16/h3,6-8H,4-5H2,1-2H3,(H,20,21)/t7-,8-/m1/s1. The maximum absolute atomic E-state index is 12.9. The number of alkyl halides is 3. The Kier molecular flexibility index (Phi) is 4.17. The minimum atomic E-state index is -4.68. The minimum Gasteiger partial charge on any atom is -0.481 e. The summed E-state index contributed by atoms with van der Waals surface area (Å²) in [4.78, 5) is 24.0. The van der Waals surface area contributed by atoms with Gasteiger partial charge in [0.2, 0.25) is 0 Å². The lowest BCUT2D eigenvalue weighted by Gasteiger charge is -2.17. The molecule has 2 rings (SSSR count). The Balaban J connectivity index is 2.19. The molecular formula is C13H15F3N2O4. The normalized spacial score (nSPS) is 22.4. The summed E-state index contributed by atoms with van der Waals surface area (Å²) in [6.45, 7) is 2.43. The Morgan fingerprint density at radius 3 is 2.45 bits per heavy atom. The summed E-state index contributed by atoms with van der Waals surface area (Å²) in [5.74, 6) is -5.66. The van der Waals surface area contributed by atoms with Gasteiger partial charge < -0.3 is 14.5 Å². The number of hydrogen-bond acceptors (Lipinski definition) is 4. The number of likely N-dealkylation sites (tertiary alicyclic amines) is 1. The molecule has 0 bridgehead atoms. The number of hydrogen-bond donors (Lipinski definition) is 1. The number of rotatable bonds is 3.